The van der Waals surface area contributed by atoms with Crippen molar-refractivity contribution in [2.75, 3.05) is 7.05 Å². The SMILES string of the molecule is CN(Cc1ccc(Cl)s1)S(=O)(=O)c1cc(Br)ccc1F. The fourth-order valence-electron chi connectivity index (χ4n) is 1.58. The topological polar surface area (TPSA) is 37.4 Å². The quantitative estimate of drug-likeness (QED) is 0.777. The van der Waals surface area contributed by atoms with E-state index >= 15 is 0 Å². The molecular weight excluding hydrogens is 389 g/mol. The van der Waals surface area contributed by atoms with E-state index in [4.69, 9.17) is 11.6 Å². The molecule has 0 N–H and O–H groups in total. The molecule has 0 saturated heterocycles. The molecule has 0 aliphatic heterocycles. The average molecular weight is 399 g/mol. The molecule has 1 aromatic heterocycles. The van der Waals surface area contributed by atoms with Gasteiger partial charge in [-0.25, -0.2) is 12.8 Å². The highest BCUT2D eigenvalue weighted by Gasteiger charge is 2.25. The molecule has 0 amide bonds. The fraction of sp³-hybridized carbons (Fsp3) is 0.167. The molecule has 0 spiro atoms. The van der Waals surface area contributed by atoms with Gasteiger partial charge in [0, 0.05) is 22.9 Å². The first-order valence-electron chi connectivity index (χ1n) is 5.46. The molecule has 2 aromatic rings. The molecule has 1 aromatic carbocycles. The van der Waals surface area contributed by atoms with Crippen molar-refractivity contribution in [3.05, 3.63) is 49.8 Å². The van der Waals surface area contributed by atoms with E-state index in [-0.39, 0.29) is 11.4 Å². The summed E-state index contributed by atoms with van der Waals surface area (Å²) in [5.41, 5.74) is 0. The standard InChI is InChI=1S/C12H10BrClFNO2S2/c1-16(7-9-3-5-12(14)19-9)20(17,18)11-6-8(13)2-4-10(11)15/h2-6H,7H2,1H3. The summed E-state index contributed by atoms with van der Waals surface area (Å²) in [5, 5.41) is 0. The van der Waals surface area contributed by atoms with Crippen LogP contribution < -0.4 is 0 Å². The monoisotopic (exact) mass is 397 g/mol. The predicted molar refractivity (Wildman–Crippen MR) is 82.1 cm³/mol. The predicted octanol–water partition coefficient (Wildman–Crippen LogP) is 4.12. The van der Waals surface area contributed by atoms with Gasteiger partial charge in [-0.15, -0.1) is 11.3 Å². The van der Waals surface area contributed by atoms with Gasteiger partial charge < -0.3 is 0 Å². The lowest BCUT2D eigenvalue weighted by molar-refractivity contribution is 0.462. The van der Waals surface area contributed by atoms with Crippen LogP contribution in [0.3, 0.4) is 0 Å². The Kier molecular flexibility index (Phi) is 4.86. The normalized spacial score (nSPS) is 12.1. The Morgan fingerprint density at radius 1 is 1.35 bits per heavy atom. The number of sulfonamides is 1. The van der Waals surface area contributed by atoms with E-state index in [9.17, 15) is 12.8 Å². The summed E-state index contributed by atoms with van der Waals surface area (Å²) in [6.07, 6.45) is 0. The summed E-state index contributed by atoms with van der Waals surface area (Å²) in [4.78, 5) is 0.438. The molecule has 0 saturated carbocycles. The number of halogens is 3. The Balaban J connectivity index is 2.32. The second-order valence-corrected chi connectivity index (χ2v) is 8.77. The molecule has 0 radical (unpaired) electrons. The van der Waals surface area contributed by atoms with Gasteiger partial charge in [0.05, 0.1) is 4.34 Å². The summed E-state index contributed by atoms with van der Waals surface area (Å²) in [6, 6.07) is 7.26. The summed E-state index contributed by atoms with van der Waals surface area (Å²) in [6.45, 7) is 0.145. The minimum Gasteiger partial charge on any atom is -0.207 e. The maximum Gasteiger partial charge on any atom is 0.246 e. The van der Waals surface area contributed by atoms with Gasteiger partial charge in [-0.05, 0) is 30.3 Å². The van der Waals surface area contributed by atoms with E-state index in [1.807, 2.05) is 0 Å². The molecule has 1 heterocycles. The van der Waals surface area contributed by atoms with E-state index in [1.165, 1.54) is 30.5 Å². The van der Waals surface area contributed by atoms with Crippen LogP contribution in [0.25, 0.3) is 0 Å². The van der Waals surface area contributed by atoms with Crippen molar-refractivity contribution in [1.82, 2.24) is 4.31 Å². The van der Waals surface area contributed by atoms with E-state index < -0.39 is 15.8 Å². The van der Waals surface area contributed by atoms with Crippen LogP contribution in [0.2, 0.25) is 4.34 Å². The average Bonchev–Trinajstić information content (AvgIpc) is 2.77. The minimum absolute atomic E-state index is 0.145. The molecule has 2 rings (SSSR count). The van der Waals surface area contributed by atoms with Crippen LogP contribution in [0.5, 0.6) is 0 Å². The zero-order valence-corrected chi connectivity index (χ0v) is 14.3. The summed E-state index contributed by atoms with van der Waals surface area (Å²) >= 11 is 10.2. The lowest BCUT2D eigenvalue weighted by Crippen LogP contribution is -2.27. The van der Waals surface area contributed by atoms with Crippen molar-refractivity contribution in [3.63, 3.8) is 0 Å². The van der Waals surface area contributed by atoms with Crippen molar-refractivity contribution in [2.24, 2.45) is 0 Å². The third-order valence-corrected chi connectivity index (χ3v) is 6.12. The summed E-state index contributed by atoms with van der Waals surface area (Å²) in [7, 11) is -2.48. The van der Waals surface area contributed by atoms with Gasteiger partial charge in [0.1, 0.15) is 10.7 Å². The number of hydrogen-bond acceptors (Lipinski definition) is 3. The molecule has 8 heteroatoms. The molecular formula is C12H10BrClFNO2S2. The molecule has 0 bridgehead atoms. The van der Waals surface area contributed by atoms with E-state index in [2.05, 4.69) is 15.9 Å². The fourth-order valence-corrected chi connectivity index (χ4v) is 4.55. The highest BCUT2D eigenvalue weighted by atomic mass is 79.9. The van der Waals surface area contributed by atoms with E-state index in [1.54, 1.807) is 12.1 Å². The molecule has 20 heavy (non-hydrogen) atoms. The lowest BCUT2D eigenvalue weighted by Gasteiger charge is -2.17. The second kappa shape index (κ2) is 6.11. The van der Waals surface area contributed by atoms with Crippen molar-refractivity contribution in [3.8, 4) is 0 Å². The Morgan fingerprint density at radius 3 is 2.65 bits per heavy atom. The first-order chi connectivity index (χ1) is 9.30. The zero-order chi connectivity index (χ0) is 14.9. The highest BCUT2D eigenvalue weighted by Crippen LogP contribution is 2.26. The van der Waals surface area contributed by atoms with E-state index in [0.29, 0.717) is 8.81 Å². The van der Waals surface area contributed by atoms with Crippen LogP contribution in [0.15, 0.2) is 39.7 Å². The number of thiophene rings is 1. The maximum atomic E-state index is 13.7. The second-order valence-electron chi connectivity index (χ2n) is 4.04. The minimum atomic E-state index is -3.89. The Labute approximate surface area is 134 Å². The van der Waals surface area contributed by atoms with Crippen molar-refractivity contribution in [1.29, 1.82) is 0 Å². The van der Waals surface area contributed by atoms with Crippen LogP contribution in [0, 0.1) is 5.82 Å². The highest BCUT2D eigenvalue weighted by molar-refractivity contribution is 9.10. The molecule has 108 valence electrons. The van der Waals surface area contributed by atoms with Crippen molar-refractivity contribution in [2.45, 2.75) is 11.4 Å². The van der Waals surface area contributed by atoms with E-state index in [0.717, 1.165) is 15.2 Å². The van der Waals surface area contributed by atoms with Gasteiger partial charge in [-0.2, -0.15) is 4.31 Å². The van der Waals surface area contributed by atoms with Gasteiger partial charge in [0.15, 0.2) is 0 Å². The van der Waals surface area contributed by atoms with Crippen molar-refractivity contribution >= 4 is 48.9 Å². The third-order valence-electron chi connectivity index (χ3n) is 2.59. The van der Waals surface area contributed by atoms with Crippen LogP contribution in [0.4, 0.5) is 4.39 Å². The molecule has 0 aliphatic rings. The smallest absolute Gasteiger partial charge is 0.207 e. The van der Waals surface area contributed by atoms with Gasteiger partial charge in [-0.3, -0.25) is 0 Å². The Bertz CT molecular complexity index is 733. The number of benzene rings is 1. The van der Waals surface area contributed by atoms with Gasteiger partial charge in [0.25, 0.3) is 0 Å². The molecule has 3 nitrogen and oxygen atoms in total. The number of rotatable bonds is 4. The number of nitrogens with zero attached hydrogens (tertiary/aromatic N) is 1. The van der Waals surface area contributed by atoms with Gasteiger partial charge in [-0.1, -0.05) is 27.5 Å². The van der Waals surface area contributed by atoms with Gasteiger partial charge >= 0.3 is 0 Å². The Morgan fingerprint density at radius 2 is 2.05 bits per heavy atom. The maximum absolute atomic E-state index is 13.7. The summed E-state index contributed by atoms with van der Waals surface area (Å²) < 4.78 is 40.6. The first kappa shape index (κ1) is 15.9. The van der Waals surface area contributed by atoms with Crippen LogP contribution in [0.1, 0.15) is 4.88 Å². The van der Waals surface area contributed by atoms with Crippen molar-refractivity contribution < 1.29 is 12.8 Å². The van der Waals surface area contributed by atoms with Gasteiger partial charge in [0.2, 0.25) is 10.0 Å². The first-order valence-corrected chi connectivity index (χ1v) is 8.89. The van der Waals surface area contributed by atoms with Crippen LogP contribution in [-0.4, -0.2) is 19.8 Å². The van der Waals surface area contributed by atoms with Crippen LogP contribution in [-0.2, 0) is 16.6 Å². The number of hydrogen-bond donors (Lipinski definition) is 0. The molecule has 0 unspecified atom stereocenters. The third kappa shape index (κ3) is 3.40. The Hall–Kier alpha value is -0.470. The van der Waals surface area contributed by atoms with Crippen LogP contribution >= 0.6 is 38.9 Å². The summed E-state index contributed by atoms with van der Waals surface area (Å²) in [5.74, 6) is -0.774. The molecule has 0 atom stereocenters. The molecule has 0 fully saturated rings. The zero-order valence-electron chi connectivity index (χ0n) is 10.3. The molecule has 0 aliphatic carbocycles. The largest absolute Gasteiger partial charge is 0.246 e. The lowest BCUT2D eigenvalue weighted by atomic mass is 10.3.